The van der Waals surface area contributed by atoms with Crippen molar-refractivity contribution in [1.29, 1.82) is 5.26 Å². The number of nitrogens with one attached hydrogen (secondary N) is 1. The smallest absolute Gasteiger partial charge is 0.266 e. The number of fused-ring (bicyclic) bond motifs is 1. The van der Waals surface area contributed by atoms with E-state index in [1.54, 1.807) is 36.4 Å². The summed E-state index contributed by atoms with van der Waals surface area (Å²) in [7, 11) is 0. The molecule has 1 aromatic heterocycles. The fourth-order valence-corrected chi connectivity index (χ4v) is 3.63. The molecule has 0 spiro atoms. The second-order valence-electron chi connectivity index (χ2n) is 6.95. The molecule has 1 heterocycles. The lowest BCUT2D eigenvalue weighted by Gasteiger charge is -2.06. The fraction of sp³-hybridized carbons (Fsp3) is 0.0400. The van der Waals surface area contributed by atoms with E-state index in [0.717, 1.165) is 20.9 Å². The SMILES string of the molecule is N#C/C(=C\c1cn(Cc2ccccc2F)c2ccccc12)C(=O)Nc1ccc(Br)cc1. The van der Waals surface area contributed by atoms with Crippen molar-refractivity contribution in [2.24, 2.45) is 0 Å². The number of anilines is 1. The summed E-state index contributed by atoms with van der Waals surface area (Å²) in [6.45, 7) is 0.341. The molecule has 1 amide bonds. The van der Waals surface area contributed by atoms with Crippen LogP contribution in [0.4, 0.5) is 10.1 Å². The highest BCUT2D eigenvalue weighted by Crippen LogP contribution is 2.25. The third-order valence-corrected chi connectivity index (χ3v) is 5.41. The summed E-state index contributed by atoms with van der Waals surface area (Å²) in [6, 6.07) is 23.4. The van der Waals surface area contributed by atoms with Crippen molar-refractivity contribution in [3.8, 4) is 6.07 Å². The number of aromatic nitrogens is 1. The van der Waals surface area contributed by atoms with E-state index in [1.807, 2.05) is 53.2 Å². The van der Waals surface area contributed by atoms with Gasteiger partial charge in [-0.25, -0.2) is 4.39 Å². The molecule has 0 saturated heterocycles. The van der Waals surface area contributed by atoms with Gasteiger partial charge in [0.05, 0.1) is 6.54 Å². The lowest BCUT2D eigenvalue weighted by Crippen LogP contribution is -2.13. The number of amides is 1. The van der Waals surface area contributed by atoms with Crippen LogP contribution >= 0.6 is 15.9 Å². The Kier molecular flexibility index (Phi) is 5.96. The van der Waals surface area contributed by atoms with Gasteiger partial charge in [0.25, 0.3) is 5.91 Å². The van der Waals surface area contributed by atoms with E-state index in [4.69, 9.17) is 0 Å². The van der Waals surface area contributed by atoms with Gasteiger partial charge in [0.2, 0.25) is 0 Å². The number of hydrogen-bond donors (Lipinski definition) is 1. The Morgan fingerprint density at radius 3 is 2.52 bits per heavy atom. The van der Waals surface area contributed by atoms with Crippen LogP contribution in [0.5, 0.6) is 0 Å². The van der Waals surface area contributed by atoms with Gasteiger partial charge in [0.15, 0.2) is 0 Å². The van der Waals surface area contributed by atoms with Crippen LogP contribution < -0.4 is 5.32 Å². The molecule has 0 saturated carbocycles. The van der Waals surface area contributed by atoms with Crippen LogP contribution in [0.1, 0.15) is 11.1 Å². The summed E-state index contributed by atoms with van der Waals surface area (Å²) in [5, 5.41) is 13.2. The third-order valence-electron chi connectivity index (χ3n) is 4.88. The predicted octanol–water partition coefficient (Wildman–Crippen LogP) is 6.14. The predicted molar refractivity (Wildman–Crippen MR) is 124 cm³/mol. The normalized spacial score (nSPS) is 11.3. The van der Waals surface area contributed by atoms with Crippen molar-refractivity contribution in [3.63, 3.8) is 0 Å². The summed E-state index contributed by atoms with van der Waals surface area (Å²) < 4.78 is 17.0. The first-order valence-electron chi connectivity index (χ1n) is 9.55. The lowest BCUT2D eigenvalue weighted by atomic mass is 10.1. The molecule has 3 aromatic carbocycles. The molecular formula is C25H17BrFN3O. The highest BCUT2D eigenvalue weighted by atomic mass is 79.9. The first kappa shape index (κ1) is 20.6. The molecule has 0 radical (unpaired) electrons. The van der Waals surface area contributed by atoms with Crippen LogP contribution in [0.2, 0.25) is 0 Å². The number of carbonyl (C=O) groups excluding carboxylic acids is 1. The van der Waals surface area contributed by atoms with Crippen molar-refractivity contribution in [1.82, 2.24) is 4.57 Å². The van der Waals surface area contributed by atoms with Crippen LogP contribution in [0, 0.1) is 17.1 Å². The van der Waals surface area contributed by atoms with E-state index >= 15 is 0 Å². The van der Waals surface area contributed by atoms with Crippen molar-refractivity contribution < 1.29 is 9.18 Å². The molecular weight excluding hydrogens is 457 g/mol. The summed E-state index contributed by atoms with van der Waals surface area (Å²) in [6.07, 6.45) is 3.40. The number of nitrogens with zero attached hydrogens (tertiary/aromatic N) is 2. The van der Waals surface area contributed by atoms with Crippen molar-refractivity contribution in [2.75, 3.05) is 5.32 Å². The molecule has 6 heteroatoms. The second kappa shape index (κ2) is 8.99. The molecule has 0 fully saturated rings. The van der Waals surface area contributed by atoms with E-state index < -0.39 is 5.91 Å². The maximum atomic E-state index is 14.2. The number of halogens is 2. The van der Waals surface area contributed by atoms with Gasteiger partial charge in [-0.1, -0.05) is 52.3 Å². The Morgan fingerprint density at radius 2 is 1.77 bits per heavy atom. The Hall–Kier alpha value is -3.69. The molecule has 0 unspecified atom stereocenters. The minimum absolute atomic E-state index is 0.0169. The van der Waals surface area contributed by atoms with E-state index in [-0.39, 0.29) is 11.4 Å². The number of nitriles is 1. The summed E-state index contributed by atoms with van der Waals surface area (Å²) in [5.74, 6) is -0.764. The minimum Gasteiger partial charge on any atom is -0.342 e. The van der Waals surface area contributed by atoms with E-state index in [1.165, 1.54) is 6.07 Å². The number of para-hydroxylation sites is 1. The van der Waals surface area contributed by atoms with Crippen molar-refractivity contribution in [2.45, 2.75) is 6.54 Å². The van der Waals surface area contributed by atoms with E-state index in [9.17, 15) is 14.4 Å². The van der Waals surface area contributed by atoms with Crippen LogP contribution in [-0.2, 0) is 11.3 Å². The Labute approximate surface area is 187 Å². The first-order chi connectivity index (χ1) is 15.0. The Balaban J connectivity index is 1.68. The largest absolute Gasteiger partial charge is 0.342 e. The average Bonchev–Trinajstić information content (AvgIpc) is 3.12. The maximum Gasteiger partial charge on any atom is 0.266 e. The third kappa shape index (κ3) is 4.57. The summed E-state index contributed by atoms with van der Waals surface area (Å²) in [5.41, 5.74) is 2.75. The van der Waals surface area contributed by atoms with Gasteiger partial charge >= 0.3 is 0 Å². The number of rotatable bonds is 5. The molecule has 1 N–H and O–H groups in total. The average molecular weight is 474 g/mol. The minimum atomic E-state index is -0.490. The molecule has 4 aromatic rings. The first-order valence-corrected chi connectivity index (χ1v) is 10.3. The zero-order valence-electron chi connectivity index (χ0n) is 16.3. The van der Waals surface area contributed by atoms with Crippen LogP contribution in [-0.4, -0.2) is 10.5 Å². The van der Waals surface area contributed by atoms with Gasteiger partial charge in [0.1, 0.15) is 17.5 Å². The van der Waals surface area contributed by atoms with Crippen LogP contribution in [0.15, 0.2) is 89.0 Å². The molecule has 152 valence electrons. The molecule has 4 nitrogen and oxygen atoms in total. The highest BCUT2D eigenvalue weighted by Gasteiger charge is 2.13. The van der Waals surface area contributed by atoms with Gasteiger partial charge < -0.3 is 9.88 Å². The number of benzene rings is 3. The quantitative estimate of drug-likeness (QED) is 0.279. The van der Waals surface area contributed by atoms with Crippen LogP contribution in [0.3, 0.4) is 0 Å². The van der Waals surface area contributed by atoms with Gasteiger partial charge in [-0.3, -0.25) is 4.79 Å². The standard InChI is InChI=1S/C25H17BrFN3O/c26-20-9-11-21(12-10-20)29-25(31)18(14-28)13-19-16-30(24-8-4-2-6-22(19)24)15-17-5-1-3-7-23(17)27/h1-13,16H,15H2,(H,29,31)/b18-13+. The Bertz CT molecular complexity index is 1330. The zero-order chi connectivity index (χ0) is 21.8. The summed E-state index contributed by atoms with van der Waals surface area (Å²) in [4.78, 5) is 12.6. The van der Waals surface area contributed by atoms with E-state index in [0.29, 0.717) is 17.8 Å². The molecule has 31 heavy (non-hydrogen) atoms. The van der Waals surface area contributed by atoms with Gasteiger partial charge in [-0.2, -0.15) is 5.26 Å². The monoisotopic (exact) mass is 473 g/mol. The van der Waals surface area contributed by atoms with E-state index in [2.05, 4.69) is 21.2 Å². The van der Waals surface area contributed by atoms with Gasteiger partial charge in [0, 0.05) is 38.4 Å². The summed E-state index contributed by atoms with van der Waals surface area (Å²) >= 11 is 3.35. The molecule has 0 atom stereocenters. The van der Waals surface area contributed by atoms with Gasteiger partial charge in [-0.05, 0) is 42.5 Å². The van der Waals surface area contributed by atoms with Gasteiger partial charge in [-0.15, -0.1) is 0 Å². The molecule has 0 aliphatic heterocycles. The topological polar surface area (TPSA) is 57.8 Å². The lowest BCUT2D eigenvalue weighted by molar-refractivity contribution is -0.112. The number of hydrogen-bond acceptors (Lipinski definition) is 2. The maximum absolute atomic E-state index is 14.2. The molecule has 4 rings (SSSR count). The highest BCUT2D eigenvalue weighted by molar-refractivity contribution is 9.10. The molecule has 0 bridgehead atoms. The van der Waals surface area contributed by atoms with Crippen LogP contribution in [0.25, 0.3) is 17.0 Å². The van der Waals surface area contributed by atoms with Crippen molar-refractivity contribution >= 4 is 44.5 Å². The molecule has 0 aliphatic carbocycles. The number of carbonyl (C=O) groups is 1. The Morgan fingerprint density at radius 1 is 1.06 bits per heavy atom. The zero-order valence-corrected chi connectivity index (χ0v) is 17.9. The molecule has 0 aliphatic rings. The fourth-order valence-electron chi connectivity index (χ4n) is 3.37. The second-order valence-corrected chi connectivity index (χ2v) is 7.87. The van der Waals surface area contributed by atoms with Crippen molar-refractivity contribution in [3.05, 3.63) is 106 Å².